The van der Waals surface area contributed by atoms with Gasteiger partial charge in [-0.15, -0.1) is 0 Å². The van der Waals surface area contributed by atoms with E-state index in [1.165, 1.54) is 0 Å². The summed E-state index contributed by atoms with van der Waals surface area (Å²) in [7, 11) is 0. The molecule has 20 heavy (non-hydrogen) atoms. The Labute approximate surface area is 116 Å². The first-order valence-corrected chi connectivity index (χ1v) is 6.31. The fourth-order valence-electron chi connectivity index (χ4n) is 2.03. The molecule has 0 fully saturated rings. The molecule has 0 saturated heterocycles. The minimum absolute atomic E-state index is 0.0196. The minimum Gasteiger partial charge on any atom is -0.478 e. The van der Waals surface area contributed by atoms with E-state index in [0.29, 0.717) is 6.54 Å². The van der Waals surface area contributed by atoms with Crippen LogP contribution < -0.4 is 4.90 Å². The average Bonchev–Trinajstić information content (AvgIpc) is 2.38. The Hall–Kier alpha value is -2.18. The molecule has 0 aromatic heterocycles. The number of nitro groups is 1. The maximum atomic E-state index is 13.8. The molecule has 0 bridgehead atoms. The summed E-state index contributed by atoms with van der Waals surface area (Å²) in [6.07, 6.45) is 0.729. The molecule has 1 rings (SSSR count). The van der Waals surface area contributed by atoms with Crippen LogP contribution in [-0.4, -0.2) is 28.6 Å². The molecule has 1 aromatic rings. The number of nitro benzene ring substituents is 1. The number of benzene rings is 1. The van der Waals surface area contributed by atoms with Crippen LogP contribution in [0.4, 0.5) is 15.8 Å². The van der Waals surface area contributed by atoms with Crippen LogP contribution in [0.5, 0.6) is 0 Å². The molecule has 0 saturated carbocycles. The number of carboxylic acid groups (broad SMARTS) is 1. The maximum Gasteiger partial charge on any atom is 0.338 e. The van der Waals surface area contributed by atoms with Crippen molar-refractivity contribution in [2.45, 2.75) is 33.2 Å². The lowest BCUT2D eigenvalue weighted by Gasteiger charge is -2.29. The molecule has 0 aliphatic carbocycles. The van der Waals surface area contributed by atoms with E-state index in [1.54, 1.807) is 11.8 Å². The summed E-state index contributed by atoms with van der Waals surface area (Å²) in [4.78, 5) is 23.0. The molecule has 0 heterocycles. The molecule has 7 heteroatoms. The van der Waals surface area contributed by atoms with E-state index < -0.39 is 28.0 Å². The number of carboxylic acids is 1. The second-order valence-electron chi connectivity index (χ2n) is 4.43. The lowest BCUT2D eigenvalue weighted by atomic mass is 10.1. The molecule has 1 aromatic carbocycles. The quantitative estimate of drug-likeness (QED) is 0.641. The van der Waals surface area contributed by atoms with Gasteiger partial charge in [0.2, 0.25) is 0 Å². The van der Waals surface area contributed by atoms with Crippen molar-refractivity contribution < 1.29 is 19.2 Å². The summed E-state index contributed by atoms with van der Waals surface area (Å²) in [5, 5.41) is 19.9. The molecule has 110 valence electrons. The smallest absolute Gasteiger partial charge is 0.338 e. The Morgan fingerprint density at radius 1 is 1.50 bits per heavy atom. The summed E-state index contributed by atoms with van der Waals surface area (Å²) in [5.41, 5.74) is -0.985. The van der Waals surface area contributed by atoms with Crippen LogP contribution in [0.25, 0.3) is 0 Å². The topological polar surface area (TPSA) is 83.7 Å². The molecule has 0 spiro atoms. The molecule has 0 aliphatic rings. The van der Waals surface area contributed by atoms with Gasteiger partial charge in [0.15, 0.2) is 0 Å². The third-order valence-electron chi connectivity index (χ3n) is 3.26. The first-order valence-electron chi connectivity index (χ1n) is 6.31. The number of halogens is 1. The highest BCUT2D eigenvalue weighted by Crippen LogP contribution is 2.32. The van der Waals surface area contributed by atoms with Gasteiger partial charge in [0, 0.05) is 24.7 Å². The van der Waals surface area contributed by atoms with Gasteiger partial charge < -0.3 is 10.0 Å². The van der Waals surface area contributed by atoms with Crippen LogP contribution in [0, 0.1) is 15.9 Å². The first-order chi connectivity index (χ1) is 9.33. The maximum absolute atomic E-state index is 13.8. The highest BCUT2D eigenvalue weighted by atomic mass is 19.1. The molecule has 1 unspecified atom stereocenters. The van der Waals surface area contributed by atoms with Gasteiger partial charge in [-0.05, 0) is 20.3 Å². The Kier molecular flexibility index (Phi) is 5.01. The first kappa shape index (κ1) is 15.9. The zero-order valence-corrected chi connectivity index (χ0v) is 11.6. The van der Waals surface area contributed by atoms with Crippen LogP contribution in [0.3, 0.4) is 0 Å². The number of nitrogens with zero attached hydrogens (tertiary/aromatic N) is 2. The molecular weight excluding hydrogens is 267 g/mol. The summed E-state index contributed by atoms with van der Waals surface area (Å²) >= 11 is 0. The lowest BCUT2D eigenvalue weighted by molar-refractivity contribution is -0.384. The van der Waals surface area contributed by atoms with E-state index in [0.717, 1.165) is 18.6 Å². The molecule has 0 amide bonds. The highest BCUT2D eigenvalue weighted by molar-refractivity contribution is 5.90. The van der Waals surface area contributed by atoms with Crippen molar-refractivity contribution in [3.8, 4) is 0 Å². The van der Waals surface area contributed by atoms with Gasteiger partial charge in [-0.2, -0.15) is 0 Å². The van der Waals surface area contributed by atoms with Gasteiger partial charge in [0.25, 0.3) is 5.69 Å². The largest absolute Gasteiger partial charge is 0.478 e. The summed E-state index contributed by atoms with van der Waals surface area (Å²) in [5.74, 6) is -2.50. The van der Waals surface area contributed by atoms with Crippen molar-refractivity contribution in [3.63, 3.8) is 0 Å². The summed E-state index contributed by atoms with van der Waals surface area (Å²) < 4.78 is 13.8. The number of hydrogen-bond donors (Lipinski definition) is 1. The van der Waals surface area contributed by atoms with E-state index in [-0.39, 0.29) is 11.7 Å². The minimum atomic E-state index is -1.52. The third kappa shape index (κ3) is 3.04. The SMILES string of the molecule is CCC(C)N(CC)c1cc(F)c(C(=O)O)cc1[N+](=O)[O-]. The average molecular weight is 284 g/mol. The van der Waals surface area contributed by atoms with Crippen molar-refractivity contribution in [2.75, 3.05) is 11.4 Å². The van der Waals surface area contributed by atoms with E-state index in [4.69, 9.17) is 5.11 Å². The third-order valence-corrected chi connectivity index (χ3v) is 3.26. The van der Waals surface area contributed by atoms with Crippen LogP contribution in [0.2, 0.25) is 0 Å². The Bertz CT molecular complexity index is 533. The predicted molar refractivity (Wildman–Crippen MR) is 72.8 cm³/mol. The standard InChI is InChI=1S/C13H17FN2O4/c1-4-8(3)15(5-2)11-7-10(14)9(13(17)18)6-12(11)16(19)20/h6-8H,4-5H2,1-3H3,(H,17,18). The van der Waals surface area contributed by atoms with Crippen molar-refractivity contribution >= 4 is 17.3 Å². The van der Waals surface area contributed by atoms with Gasteiger partial charge in [0.1, 0.15) is 17.1 Å². The van der Waals surface area contributed by atoms with Crippen molar-refractivity contribution in [1.82, 2.24) is 0 Å². The Balaban J connectivity index is 3.48. The molecular formula is C13H17FN2O4. The van der Waals surface area contributed by atoms with Crippen LogP contribution >= 0.6 is 0 Å². The van der Waals surface area contributed by atoms with E-state index >= 15 is 0 Å². The van der Waals surface area contributed by atoms with E-state index in [9.17, 15) is 19.3 Å². The van der Waals surface area contributed by atoms with Crippen molar-refractivity contribution in [2.24, 2.45) is 0 Å². The second-order valence-corrected chi connectivity index (χ2v) is 4.43. The van der Waals surface area contributed by atoms with Gasteiger partial charge in [-0.25, -0.2) is 9.18 Å². The number of rotatable bonds is 6. The van der Waals surface area contributed by atoms with Crippen molar-refractivity contribution in [3.05, 3.63) is 33.6 Å². The van der Waals surface area contributed by atoms with Crippen molar-refractivity contribution in [1.29, 1.82) is 0 Å². The lowest BCUT2D eigenvalue weighted by Crippen LogP contribution is -2.33. The van der Waals surface area contributed by atoms with E-state index in [2.05, 4.69) is 0 Å². The van der Waals surface area contributed by atoms with Gasteiger partial charge in [0.05, 0.1) is 4.92 Å². The summed E-state index contributed by atoms with van der Waals surface area (Å²) in [6.45, 7) is 6.05. The molecule has 0 radical (unpaired) electrons. The molecule has 1 N–H and O–H groups in total. The normalized spacial score (nSPS) is 12.0. The molecule has 0 aliphatic heterocycles. The second kappa shape index (κ2) is 6.31. The number of anilines is 1. The monoisotopic (exact) mass is 284 g/mol. The fraction of sp³-hybridized carbons (Fsp3) is 0.462. The predicted octanol–water partition coefficient (Wildman–Crippen LogP) is 3.06. The number of hydrogen-bond acceptors (Lipinski definition) is 4. The number of carbonyl (C=O) groups is 1. The van der Waals surface area contributed by atoms with E-state index in [1.807, 2.05) is 13.8 Å². The number of aromatic carboxylic acids is 1. The van der Waals surface area contributed by atoms with Crippen LogP contribution in [0.15, 0.2) is 12.1 Å². The Morgan fingerprint density at radius 3 is 2.50 bits per heavy atom. The fourth-order valence-corrected chi connectivity index (χ4v) is 2.03. The van der Waals surface area contributed by atoms with Gasteiger partial charge in [-0.3, -0.25) is 10.1 Å². The zero-order chi connectivity index (χ0) is 15.4. The van der Waals surface area contributed by atoms with Gasteiger partial charge in [-0.1, -0.05) is 6.92 Å². The highest BCUT2D eigenvalue weighted by Gasteiger charge is 2.26. The Morgan fingerprint density at radius 2 is 2.10 bits per heavy atom. The van der Waals surface area contributed by atoms with Crippen LogP contribution in [-0.2, 0) is 0 Å². The zero-order valence-electron chi connectivity index (χ0n) is 11.6. The van der Waals surface area contributed by atoms with Gasteiger partial charge >= 0.3 is 5.97 Å². The van der Waals surface area contributed by atoms with Crippen LogP contribution in [0.1, 0.15) is 37.6 Å². The molecule has 1 atom stereocenters. The summed E-state index contributed by atoms with van der Waals surface area (Å²) in [6, 6.07) is 1.68. The molecule has 6 nitrogen and oxygen atoms in total.